The Balaban J connectivity index is 2.05. The summed E-state index contributed by atoms with van der Waals surface area (Å²) in [6.07, 6.45) is 7.35. The van der Waals surface area contributed by atoms with E-state index in [1.54, 1.807) is 20.2 Å². The molecule has 2 rings (SSSR count). The van der Waals surface area contributed by atoms with Crippen molar-refractivity contribution < 1.29 is 14.4 Å². The number of piperidine rings is 1. The number of carbonyl (C=O) groups is 3. The van der Waals surface area contributed by atoms with Crippen LogP contribution in [0.3, 0.4) is 0 Å². The summed E-state index contributed by atoms with van der Waals surface area (Å²) < 4.78 is 0. The van der Waals surface area contributed by atoms with Gasteiger partial charge in [-0.1, -0.05) is 42.8 Å². The van der Waals surface area contributed by atoms with E-state index in [-0.39, 0.29) is 24.3 Å². The van der Waals surface area contributed by atoms with Crippen molar-refractivity contribution in [2.45, 2.75) is 57.5 Å². The van der Waals surface area contributed by atoms with E-state index >= 15 is 0 Å². The van der Waals surface area contributed by atoms with Crippen molar-refractivity contribution in [2.24, 2.45) is 5.73 Å². The molecule has 0 spiro atoms. The second-order valence-electron chi connectivity index (χ2n) is 9.52. The van der Waals surface area contributed by atoms with Gasteiger partial charge in [0.15, 0.2) is 0 Å². The summed E-state index contributed by atoms with van der Waals surface area (Å²) in [4.78, 5) is 41.4. The highest BCUT2D eigenvalue weighted by Gasteiger charge is 2.29. The SMILES string of the molecule is CN(CC(=O)N(C)C(Cc1ccccc1)C(=O)NN1CCCCC1)C(=O)/C=C/CC(C)(C)N. The van der Waals surface area contributed by atoms with Crippen molar-refractivity contribution in [1.82, 2.24) is 20.2 Å². The first-order chi connectivity index (χ1) is 15.6. The van der Waals surface area contributed by atoms with E-state index in [9.17, 15) is 14.4 Å². The zero-order chi connectivity index (χ0) is 24.4. The minimum Gasteiger partial charge on any atom is -0.333 e. The number of carbonyl (C=O) groups excluding carboxylic acids is 3. The molecule has 8 heteroatoms. The summed E-state index contributed by atoms with van der Waals surface area (Å²) >= 11 is 0. The van der Waals surface area contributed by atoms with Crippen LogP contribution in [0, 0.1) is 0 Å². The molecule has 3 amide bonds. The molecule has 1 aromatic carbocycles. The summed E-state index contributed by atoms with van der Waals surface area (Å²) in [7, 11) is 3.20. The average molecular weight is 458 g/mol. The predicted octanol–water partition coefficient (Wildman–Crippen LogP) is 1.72. The van der Waals surface area contributed by atoms with Crippen LogP contribution in [0.15, 0.2) is 42.5 Å². The van der Waals surface area contributed by atoms with Crippen molar-refractivity contribution in [1.29, 1.82) is 0 Å². The van der Waals surface area contributed by atoms with Crippen LogP contribution in [0.2, 0.25) is 0 Å². The normalized spacial score (nSPS) is 15.8. The predicted molar refractivity (Wildman–Crippen MR) is 130 cm³/mol. The highest BCUT2D eigenvalue weighted by molar-refractivity contribution is 5.93. The minimum absolute atomic E-state index is 0.117. The molecule has 1 atom stereocenters. The van der Waals surface area contributed by atoms with Crippen molar-refractivity contribution >= 4 is 17.7 Å². The van der Waals surface area contributed by atoms with E-state index in [1.807, 2.05) is 49.2 Å². The number of benzene rings is 1. The van der Waals surface area contributed by atoms with Crippen LogP contribution in [0.5, 0.6) is 0 Å². The second-order valence-corrected chi connectivity index (χ2v) is 9.52. The van der Waals surface area contributed by atoms with Crippen LogP contribution in [-0.2, 0) is 20.8 Å². The monoisotopic (exact) mass is 457 g/mol. The lowest BCUT2D eigenvalue weighted by Crippen LogP contribution is -2.55. The van der Waals surface area contributed by atoms with Gasteiger partial charge < -0.3 is 15.5 Å². The molecule has 0 radical (unpaired) electrons. The van der Waals surface area contributed by atoms with E-state index < -0.39 is 11.6 Å². The number of rotatable bonds is 10. The Labute approximate surface area is 197 Å². The van der Waals surface area contributed by atoms with Gasteiger partial charge in [-0.15, -0.1) is 0 Å². The van der Waals surface area contributed by atoms with E-state index in [1.165, 1.54) is 15.9 Å². The van der Waals surface area contributed by atoms with Crippen molar-refractivity contribution in [3.05, 3.63) is 48.0 Å². The Bertz CT molecular complexity index is 813. The lowest BCUT2D eigenvalue weighted by atomic mass is 10.0. The molecule has 0 aromatic heterocycles. The third kappa shape index (κ3) is 9.35. The Morgan fingerprint density at radius 1 is 1.12 bits per heavy atom. The zero-order valence-corrected chi connectivity index (χ0v) is 20.4. The second kappa shape index (κ2) is 12.5. The summed E-state index contributed by atoms with van der Waals surface area (Å²) in [5.74, 6) is -0.790. The van der Waals surface area contributed by atoms with E-state index in [0.29, 0.717) is 12.8 Å². The quantitative estimate of drug-likeness (QED) is 0.521. The largest absolute Gasteiger partial charge is 0.333 e. The lowest BCUT2D eigenvalue weighted by Gasteiger charge is -2.33. The molecule has 1 heterocycles. The molecule has 1 aliphatic rings. The maximum absolute atomic E-state index is 13.2. The Morgan fingerprint density at radius 3 is 2.36 bits per heavy atom. The smallest absolute Gasteiger partial charge is 0.257 e. The average Bonchev–Trinajstić information content (AvgIpc) is 2.77. The Hall–Kier alpha value is -2.71. The molecule has 182 valence electrons. The van der Waals surface area contributed by atoms with E-state index in [2.05, 4.69) is 5.43 Å². The summed E-state index contributed by atoms with van der Waals surface area (Å²) in [5, 5.41) is 1.93. The van der Waals surface area contributed by atoms with Gasteiger partial charge in [-0.2, -0.15) is 0 Å². The maximum Gasteiger partial charge on any atom is 0.257 e. The first-order valence-corrected chi connectivity index (χ1v) is 11.6. The molecule has 0 aliphatic carbocycles. The fourth-order valence-corrected chi connectivity index (χ4v) is 3.64. The van der Waals surface area contributed by atoms with Gasteiger partial charge in [0.2, 0.25) is 11.8 Å². The molecular formula is C25H39N5O3. The third-order valence-corrected chi connectivity index (χ3v) is 5.71. The fourth-order valence-electron chi connectivity index (χ4n) is 3.64. The number of nitrogens with two attached hydrogens (primary N) is 1. The highest BCUT2D eigenvalue weighted by Crippen LogP contribution is 2.12. The third-order valence-electron chi connectivity index (χ3n) is 5.71. The van der Waals surface area contributed by atoms with Gasteiger partial charge in [0, 0.05) is 39.1 Å². The topological polar surface area (TPSA) is 99.0 Å². The lowest BCUT2D eigenvalue weighted by molar-refractivity contribution is -0.143. The molecular weight excluding hydrogens is 418 g/mol. The van der Waals surface area contributed by atoms with Gasteiger partial charge in [0.25, 0.3) is 5.91 Å². The molecule has 0 saturated carbocycles. The highest BCUT2D eigenvalue weighted by atomic mass is 16.2. The summed E-state index contributed by atoms with van der Waals surface area (Å²) in [6, 6.07) is 8.95. The minimum atomic E-state index is -0.682. The van der Waals surface area contributed by atoms with Gasteiger partial charge in [-0.3, -0.25) is 19.8 Å². The molecule has 1 unspecified atom stereocenters. The number of hydrogen-bond acceptors (Lipinski definition) is 5. The van der Waals surface area contributed by atoms with Crippen molar-refractivity contribution in [3.63, 3.8) is 0 Å². The standard InChI is InChI=1S/C25H39N5O3/c1-25(2,26)15-11-14-22(31)28(3)19-23(32)29(4)21(18-20-12-7-5-8-13-20)24(33)27-30-16-9-6-10-17-30/h5,7-8,11-14,21H,6,9-10,15-19,26H2,1-4H3,(H,27,33)/b14-11+. The number of hydrazine groups is 1. The molecule has 0 bridgehead atoms. The molecule has 8 nitrogen and oxygen atoms in total. The Morgan fingerprint density at radius 2 is 1.76 bits per heavy atom. The molecule has 3 N–H and O–H groups in total. The number of hydrogen-bond donors (Lipinski definition) is 2. The van der Waals surface area contributed by atoms with Crippen LogP contribution >= 0.6 is 0 Å². The van der Waals surface area contributed by atoms with Crippen LogP contribution in [-0.4, -0.2) is 77.8 Å². The van der Waals surface area contributed by atoms with Gasteiger partial charge in [-0.25, -0.2) is 5.01 Å². The molecule has 1 fully saturated rings. The number of nitrogens with one attached hydrogen (secondary N) is 1. The maximum atomic E-state index is 13.2. The Kier molecular flexibility index (Phi) is 10.1. The van der Waals surface area contributed by atoms with Gasteiger partial charge in [0.05, 0.1) is 6.54 Å². The van der Waals surface area contributed by atoms with E-state index in [0.717, 1.165) is 37.9 Å². The van der Waals surface area contributed by atoms with Crippen molar-refractivity contribution in [3.8, 4) is 0 Å². The van der Waals surface area contributed by atoms with Crippen LogP contribution in [0.4, 0.5) is 0 Å². The number of amides is 3. The van der Waals surface area contributed by atoms with Crippen LogP contribution < -0.4 is 11.2 Å². The molecule has 1 aromatic rings. The number of likely N-dealkylation sites (N-methyl/N-ethyl adjacent to an activating group) is 2. The van der Waals surface area contributed by atoms with Crippen molar-refractivity contribution in [2.75, 3.05) is 33.7 Å². The summed E-state index contributed by atoms with van der Waals surface area (Å²) in [5.41, 5.74) is 9.48. The zero-order valence-electron chi connectivity index (χ0n) is 20.4. The fraction of sp³-hybridized carbons (Fsp3) is 0.560. The van der Waals surface area contributed by atoms with Gasteiger partial charge in [-0.05, 0) is 44.7 Å². The van der Waals surface area contributed by atoms with Crippen LogP contribution in [0.1, 0.15) is 45.1 Å². The molecule has 1 aliphatic heterocycles. The first kappa shape index (κ1) is 26.5. The van der Waals surface area contributed by atoms with Gasteiger partial charge >= 0.3 is 0 Å². The summed E-state index contributed by atoms with van der Waals surface area (Å²) in [6.45, 7) is 5.26. The van der Waals surface area contributed by atoms with Crippen LogP contribution in [0.25, 0.3) is 0 Å². The number of nitrogens with zero attached hydrogens (tertiary/aromatic N) is 3. The van der Waals surface area contributed by atoms with Gasteiger partial charge in [0.1, 0.15) is 6.04 Å². The molecule has 1 saturated heterocycles. The molecule has 33 heavy (non-hydrogen) atoms. The first-order valence-electron chi connectivity index (χ1n) is 11.6. The van der Waals surface area contributed by atoms with E-state index in [4.69, 9.17) is 5.73 Å².